The molecular formula is C18H32N2. The van der Waals surface area contributed by atoms with Crippen molar-refractivity contribution in [2.24, 2.45) is 11.7 Å². The lowest BCUT2D eigenvalue weighted by molar-refractivity contribution is 0.641. The molecule has 0 aromatic carbocycles. The molecule has 0 aromatic rings. The van der Waals surface area contributed by atoms with Gasteiger partial charge in [0.05, 0.1) is 0 Å². The van der Waals surface area contributed by atoms with Crippen molar-refractivity contribution in [2.75, 3.05) is 6.54 Å². The lowest BCUT2D eigenvalue weighted by Gasteiger charge is -2.18. The molecule has 20 heavy (non-hydrogen) atoms. The highest BCUT2D eigenvalue weighted by molar-refractivity contribution is 6.00. The minimum atomic E-state index is 0.585. The number of nitrogens with two attached hydrogens (primary N) is 1. The van der Waals surface area contributed by atoms with Crippen LogP contribution in [-0.4, -0.2) is 12.3 Å². The molecule has 0 aliphatic heterocycles. The van der Waals surface area contributed by atoms with Crippen molar-refractivity contribution in [3.8, 4) is 0 Å². The zero-order chi connectivity index (χ0) is 14.2. The Kier molecular flexibility index (Phi) is 6.78. The van der Waals surface area contributed by atoms with Crippen LogP contribution in [0.15, 0.2) is 11.1 Å². The van der Waals surface area contributed by atoms with E-state index in [0.29, 0.717) is 5.92 Å². The SMILES string of the molecule is N=C(C(CCCCCCN)=C1CCCC1)C1CCCC1. The first-order valence-corrected chi connectivity index (χ1v) is 8.82. The Labute approximate surface area is 124 Å². The highest BCUT2D eigenvalue weighted by Gasteiger charge is 2.24. The second-order valence-electron chi connectivity index (χ2n) is 6.64. The molecule has 2 fully saturated rings. The summed E-state index contributed by atoms with van der Waals surface area (Å²) in [6.07, 6.45) is 16.6. The maximum atomic E-state index is 8.65. The van der Waals surface area contributed by atoms with Gasteiger partial charge in [0.15, 0.2) is 0 Å². The molecule has 2 aliphatic carbocycles. The number of unbranched alkanes of at least 4 members (excludes halogenated alkanes) is 3. The molecule has 0 aromatic heterocycles. The van der Waals surface area contributed by atoms with E-state index in [-0.39, 0.29) is 0 Å². The molecule has 0 saturated heterocycles. The number of hydrogen-bond acceptors (Lipinski definition) is 2. The van der Waals surface area contributed by atoms with Gasteiger partial charge in [-0.25, -0.2) is 0 Å². The zero-order valence-corrected chi connectivity index (χ0v) is 13.1. The van der Waals surface area contributed by atoms with Crippen LogP contribution in [0.3, 0.4) is 0 Å². The van der Waals surface area contributed by atoms with E-state index in [4.69, 9.17) is 11.1 Å². The highest BCUT2D eigenvalue weighted by Crippen LogP contribution is 2.35. The topological polar surface area (TPSA) is 49.9 Å². The summed E-state index contributed by atoms with van der Waals surface area (Å²) in [6.45, 7) is 0.825. The van der Waals surface area contributed by atoms with Crippen LogP contribution in [0, 0.1) is 11.3 Å². The quantitative estimate of drug-likeness (QED) is 0.477. The van der Waals surface area contributed by atoms with Crippen LogP contribution in [0.2, 0.25) is 0 Å². The second kappa shape index (κ2) is 8.61. The number of hydrogen-bond donors (Lipinski definition) is 2. The van der Waals surface area contributed by atoms with Gasteiger partial charge in [0.1, 0.15) is 0 Å². The Hall–Kier alpha value is -0.630. The molecule has 0 atom stereocenters. The summed E-state index contributed by atoms with van der Waals surface area (Å²) >= 11 is 0. The van der Waals surface area contributed by atoms with Gasteiger partial charge in [-0.05, 0) is 69.9 Å². The molecule has 3 N–H and O–H groups in total. The van der Waals surface area contributed by atoms with Crippen molar-refractivity contribution in [1.82, 2.24) is 0 Å². The molecule has 2 rings (SSSR count). The van der Waals surface area contributed by atoms with Gasteiger partial charge in [-0.1, -0.05) is 31.3 Å². The van der Waals surface area contributed by atoms with Gasteiger partial charge in [0, 0.05) is 11.6 Å². The molecule has 0 unspecified atom stereocenters. The molecule has 0 bridgehead atoms. The van der Waals surface area contributed by atoms with E-state index in [1.165, 1.54) is 76.2 Å². The molecule has 0 spiro atoms. The Balaban J connectivity index is 1.91. The van der Waals surface area contributed by atoms with Crippen LogP contribution in [0.5, 0.6) is 0 Å². The number of rotatable bonds is 8. The van der Waals surface area contributed by atoms with Crippen LogP contribution >= 0.6 is 0 Å². The van der Waals surface area contributed by atoms with Gasteiger partial charge in [0.2, 0.25) is 0 Å². The normalized spacial score (nSPS) is 19.8. The summed E-state index contributed by atoms with van der Waals surface area (Å²) < 4.78 is 0. The van der Waals surface area contributed by atoms with Crippen LogP contribution < -0.4 is 5.73 Å². The maximum absolute atomic E-state index is 8.65. The van der Waals surface area contributed by atoms with Crippen molar-refractivity contribution in [2.45, 2.75) is 83.5 Å². The third kappa shape index (κ3) is 4.44. The van der Waals surface area contributed by atoms with Gasteiger partial charge >= 0.3 is 0 Å². The Morgan fingerprint density at radius 1 is 0.950 bits per heavy atom. The fourth-order valence-corrected chi connectivity index (χ4v) is 3.87. The molecule has 2 nitrogen and oxygen atoms in total. The van der Waals surface area contributed by atoms with E-state index in [9.17, 15) is 0 Å². The minimum absolute atomic E-state index is 0.585. The predicted octanol–water partition coefficient (Wildman–Crippen LogP) is 4.98. The molecule has 2 heteroatoms. The Bertz CT molecular complexity index is 329. The van der Waals surface area contributed by atoms with E-state index in [2.05, 4.69) is 0 Å². The number of allylic oxidation sites excluding steroid dienone is 2. The largest absolute Gasteiger partial charge is 0.330 e. The average Bonchev–Trinajstić information content (AvgIpc) is 3.14. The third-order valence-electron chi connectivity index (χ3n) is 5.10. The summed E-state index contributed by atoms with van der Waals surface area (Å²) in [5.74, 6) is 0.585. The summed E-state index contributed by atoms with van der Waals surface area (Å²) in [4.78, 5) is 0. The van der Waals surface area contributed by atoms with Crippen LogP contribution in [0.25, 0.3) is 0 Å². The van der Waals surface area contributed by atoms with Crippen molar-refractivity contribution in [1.29, 1.82) is 5.41 Å². The summed E-state index contributed by atoms with van der Waals surface area (Å²) in [6, 6.07) is 0. The van der Waals surface area contributed by atoms with Gasteiger partial charge in [-0.3, -0.25) is 0 Å². The first-order valence-electron chi connectivity index (χ1n) is 8.82. The van der Waals surface area contributed by atoms with E-state index in [1.807, 2.05) is 0 Å². The lowest BCUT2D eigenvalue weighted by Crippen LogP contribution is -2.14. The molecular weight excluding hydrogens is 244 g/mol. The summed E-state index contributed by atoms with van der Waals surface area (Å²) in [5.41, 5.74) is 9.70. The first kappa shape index (κ1) is 15.8. The zero-order valence-electron chi connectivity index (χ0n) is 13.1. The van der Waals surface area contributed by atoms with E-state index >= 15 is 0 Å². The van der Waals surface area contributed by atoms with Crippen molar-refractivity contribution >= 4 is 5.71 Å². The molecule has 2 saturated carbocycles. The molecule has 114 valence electrons. The molecule has 2 aliphatic rings. The molecule has 0 amide bonds. The second-order valence-corrected chi connectivity index (χ2v) is 6.64. The number of nitrogens with one attached hydrogen (secondary N) is 1. The van der Waals surface area contributed by atoms with E-state index in [1.54, 1.807) is 5.57 Å². The van der Waals surface area contributed by atoms with Gasteiger partial charge in [-0.2, -0.15) is 0 Å². The van der Waals surface area contributed by atoms with Gasteiger partial charge in [-0.15, -0.1) is 0 Å². The van der Waals surface area contributed by atoms with Crippen LogP contribution in [-0.2, 0) is 0 Å². The summed E-state index contributed by atoms with van der Waals surface area (Å²) in [5, 5.41) is 8.65. The van der Waals surface area contributed by atoms with Crippen molar-refractivity contribution in [3.63, 3.8) is 0 Å². The third-order valence-corrected chi connectivity index (χ3v) is 5.10. The summed E-state index contributed by atoms with van der Waals surface area (Å²) in [7, 11) is 0. The minimum Gasteiger partial charge on any atom is -0.330 e. The Morgan fingerprint density at radius 2 is 1.60 bits per heavy atom. The van der Waals surface area contributed by atoms with Crippen LogP contribution in [0.1, 0.15) is 83.5 Å². The van der Waals surface area contributed by atoms with Crippen molar-refractivity contribution < 1.29 is 0 Å². The van der Waals surface area contributed by atoms with Crippen molar-refractivity contribution in [3.05, 3.63) is 11.1 Å². The first-order chi connectivity index (χ1) is 9.83. The maximum Gasteiger partial charge on any atom is 0.0376 e. The predicted molar refractivity (Wildman–Crippen MR) is 87.3 cm³/mol. The average molecular weight is 276 g/mol. The highest BCUT2D eigenvalue weighted by atomic mass is 14.5. The Morgan fingerprint density at radius 3 is 2.25 bits per heavy atom. The molecule has 0 heterocycles. The monoisotopic (exact) mass is 276 g/mol. The fraction of sp³-hybridized carbons (Fsp3) is 0.833. The smallest absolute Gasteiger partial charge is 0.0376 e. The van der Waals surface area contributed by atoms with E-state index in [0.717, 1.165) is 25.1 Å². The van der Waals surface area contributed by atoms with Crippen LogP contribution in [0.4, 0.5) is 0 Å². The standard InChI is InChI=1S/C18H32N2/c19-14-8-2-1-3-13-17(15-9-4-5-10-15)18(20)16-11-6-7-12-16/h16,20H,1-14,19H2. The van der Waals surface area contributed by atoms with Gasteiger partial charge < -0.3 is 11.1 Å². The van der Waals surface area contributed by atoms with Gasteiger partial charge in [0.25, 0.3) is 0 Å². The molecule has 0 radical (unpaired) electrons. The fourth-order valence-electron chi connectivity index (χ4n) is 3.87. The lowest BCUT2D eigenvalue weighted by atomic mass is 9.88. The van der Waals surface area contributed by atoms with E-state index < -0.39 is 0 Å².